The van der Waals surface area contributed by atoms with Gasteiger partial charge in [0.15, 0.2) is 0 Å². The molecular weight excluding hydrogens is 249 g/mol. The lowest BCUT2D eigenvalue weighted by molar-refractivity contribution is -0.387. The number of rotatable bonds is 5. The van der Waals surface area contributed by atoms with E-state index in [9.17, 15) is 14.5 Å². The normalized spacial score (nSPS) is 10.6. The first-order valence-corrected chi connectivity index (χ1v) is 5.89. The molecule has 0 fully saturated rings. The van der Waals surface area contributed by atoms with E-state index in [0.717, 1.165) is 11.8 Å². The maximum Gasteiger partial charge on any atom is 0.305 e. The molecule has 2 aromatic rings. The molecule has 0 aliphatic heterocycles. The number of nitrogens with two attached hydrogens (primary N) is 1. The van der Waals surface area contributed by atoms with Gasteiger partial charge in [0.05, 0.1) is 11.5 Å². The van der Waals surface area contributed by atoms with Crippen LogP contribution in [-0.4, -0.2) is 16.0 Å². The van der Waals surface area contributed by atoms with Crippen molar-refractivity contribution in [1.82, 2.24) is 4.57 Å². The molecule has 1 heterocycles. The van der Waals surface area contributed by atoms with Crippen molar-refractivity contribution in [3.63, 3.8) is 0 Å². The van der Waals surface area contributed by atoms with Crippen LogP contribution in [0.15, 0.2) is 36.5 Å². The van der Waals surface area contributed by atoms with Gasteiger partial charge in [-0.25, -0.2) is 0 Å². The zero-order chi connectivity index (χ0) is 13.8. The van der Waals surface area contributed by atoms with Crippen molar-refractivity contribution in [2.24, 2.45) is 5.73 Å². The summed E-state index contributed by atoms with van der Waals surface area (Å²) < 4.78 is 15.8. The van der Waals surface area contributed by atoms with Crippen LogP contribution in [0, 0.1) is 15.9 Å². The molecule has 0 saturated heterocycles. The lowest BCUT2D eigenvalue weighted by Gasteiger charge is -2.09. The molecule has 19 heavy (non-hydrogen) atoms. The van der Waals surface area contributed by atoms with Gasteiger partial charge in [0.2, 0.25) is 5.82 Å². The second-order valence-corrected chi connectivity index (χ2v) is 4.17. The largest absolute Gasteiger partial charge is 0.347 e. The van der Waals surface area contributed by atoms with Crippen molar-refractivity contribution in [3.05, 3.63) is 63.7 Å². The predicted octanol–water partition coefficient (Wildman–Crippen LogP) is 2.08. The highest BCUT2D eigenvalue weighted by molar-refractivity contribution is 5.37. The van der Waals surface area contributed by atoms with Gasteiger partial charge in [-0.2, -0.15) is 4.39 Å². The molecule has 0 unspecified atom stereocenters. The summed E-state index contributed by atoms with van der Waals surface area (Å²) in [5.74, 6) is -0.778. The van der Waals surface area contributed by atoms with Gasteiger partial charge >= 0.3 is 5.69 Å². The Kier molecular flexibility index (Phi) is 3.91. The maximum absolute atomic E-state index is 14.0. The summed E-state index contributed by atoms with van der Waals surface area (Å²) in [5, 5.41) is 10.7. The van der Waals surface area contributed by atoms with Crippen LogP contribution < -0.4 is 5.73 Å². The molecule has 0 atom stereocenters. The summed E-state index contributed by atoms with van der Waals surface area (Å²) in [6, 6.07) is 7.95. The first-order valence-electron chi connectivity index (χ1n) is 5.89. The SMILES string of the molecule is NCCc1cccn1Cc1cccc([N+](=O)[O-])c1F. The van der Waals surface area contributed by atoms with E-state index in [1.807, 2.05) is 22.9 Å². The molecule has 0 radical (unpaired) electrons. The lowest BCUT2D eigenvalue weighted by atomic mass is 10.1. The molecular formula is C13H14FN3O2. The highest BCUT2D eigenvalue weighted by Gasteiger charge is 2.17. The molecule has 0 bridgehead atoms. The summed E-state index contributed by atoms with van der Waals surface area (Å²) in [7, 11) is 0. The number of nitro benzene ring substituents is 1. The van der Waals surface area contributed by atoms with Gasteiger partial charge in [0.25, 0.3) is 0 Å². The summed E-state index contributed by atoms with van der Waals surface area (Å²) in [4.78, 5) is 9.98. The number of hydrogen-bond donors (Lipinski definition) is 1. The summed E-state index contributed by atoms with van der Waals surface area (Å²) >= 11 is 0. The number of hydrogen-bond acceptors (Lipinski definition) is 3. The number of benzene rings is 1. The zero-order valence-electron chi connectivity index (χ0n) is 10.3. The van der Waals surface area contributed by atoms with E-state index in [1.54, 1.807) is 6.07 Å². The van der Waals surface area contributed by atoms with Crippen LogP contribution in [0.2, 0.25) is 0 Å². The van der Waals surface area contributed by atoms with Gasteiger partial charge < -0.3 is 10.3 Å². The quantitative estimate of drug-likeness (QED) is 0.663. The third kappa shape index (κ3) is 2.79. The molecule has 0 spiro atoms. The smallest absolute Gasteiger partial charge is 0.305 e. The topological polar surface area (TPSA) is 74.1 Å². The molecule has 2 rings (SSSR count). The van der Waals surface area contributed by atoms with E-state index in [2.05, 4.69) is 0 Å². The molecule has 0 aliphatic carbocycles. The van der Waals surface area contributed by atoms with E-state index in [0.29, 0.717) is 18.5 Å². The molecule has 0 amide bonds. The molecule has 0 aliphatic rings. The van der Waals surface area contributed by atoms with Crippen LogP contribution in [0.4, 0.5) is 10.1 Å². The van der Waals surface area contributed by atoms with Crippen LogP contribution in [0.5, 0.6) is 0 Å². The molecule has 1 aromatic heterocycles. The minimum absolute atomic E-state index is 0.260. The van der Waals surface area contributed by atoms with Crippen molar-refractivity contribution in [2.75, 3.05) is 6.54 Å². The van der Waals surface area contributed by atoms with Gasteiger partial charge in [-0.05, 0) is 25.1 Å². The number of halogens is 1. The van der Waals surface area contributed by atoms with Crippen molar-refractivity contribution in [1.29, 1.82) is 0 Å². The monoisotopic (exact) mass is 263 g/mol. The Bertz CT molecular complexity index is 595. The van der Waals surface area contributed by atoms with Crippen LogP contribution in [0.25, 0.3) is 0 Å². The van der Waals surface area contributed by atoms with Crippen molar-refractivity contribution >= 4 is 5.69 Å². The average molecular weight is 263 g/mol. The summed E-state index contributed by atoms with van der Waals surface area (Å²) in [6.45, 7) is 0.761. The Labute approximate surface area is 109 Å². The van der Waals surface area contributed by atoms with E-state index in [-0.39, 0.29) is 6.54 Å². The van der Waals surface area contributed by atoms with Crippen LogP contribution in [0.3, 0.4) is 0 Å². The first kappa shape index (κ1) is 13.2. The fourth-order valence-corrected chi connectivity index (χ4v) is 1.99. The second kappa shape index (κ2) is 5.62. The maximum atomic E-state index is 14.0. The zero-order valence-corrected chi connectivity index (χ0v) is 10.3. The third-order valence-electron chi connectivity index (χ3n) is 2.92. The van der Waals surface area contributed by atoms with Gasteiger partial charge in [-0.1, -0.05) is 12.1 Å². The number of aromatic nitrogens is 1. The molecule has 0 saturated carbocycles. The predicted molar refractivity (Wildman–Crippen MR) is 69.3 cm³/mol. The van der Waals surface area contributed by atoms with Crippen LogP contribution in [0.1, 0.15) is 11.3 Å². The minimum Gasteiger partial charge on any atom is -0.347 e. The Morgan fingerprint density at radius 3 is 2.79 bits per heavy atom. The highest BCUT2D eigenvalue weighted by atomic mass is 19.1. The second-order valence-electron chi connectivity index (χ2n) is 4.17. The van der Waals surface area contributed by atoms with Gasteiger partial charge in [0.1, 0.15) is 0 Å². The Balaban J connectivity index is 2.31. The fraction of sp³-hybridized carbons (Fsp3) is 0.231. The molecule has 2 N–H and O–H groups in total. The molecule has 6 heteroatoms. The Morgan fingerprint density at radius 1 is 1.32 bits per heavy atom. The molecule has 1 aromatic carbocycles. The summed E-state index contributed by atoms with van der Waals surface area (Å²) in [5.41, 5.74) is 6.28. The Morgan fingerprint density at radius 2 is 2.11 bits per heavy atom. The number of nitro groups is 1. The fourth-order valence-electron chi connectivity index (χ4n) is 1.99. The van der Waals surface area contributed by atoms with E-state index in [4.69, 9.17) is 5.73 Å². The Hall–Kier alpha value is -2.21. The highest BCUT2D eigenvalue weighted by Crippen LogP contribution is 2.21. The minimum atomic E-state index is -0.778. The van der Waals surface area contributed by atoms with E-state index >= 15 is 0 Å². The lowest BCUT2D eigenvalue weighted by Crippen LogP contribution is -2.10. The van der Waals surface area contributed by atoms with Gasteiger partial charge in [-0.15, -0.1) is 0 Å². The van der Waals surface area contributed by atoms with Crippen molar-refractivity contribution in [2.45, 2.75) is 13.0 Å². The summed E-state index contributed by atoms with van der Waals surface area (Å²) in [6.07, 6.45) is 2.49. The van der Waals surface area contributed by atoms with Gasteiger partial charge in [-0.3, -0.25) is 10.1 Å². The molecule has 100 valence electrons. The number of nitrogens with zero attached hydrogens (tertiary/aromatic N) is 2. The van der Waals surface area contributed by atoms with Crippen molar-refractivity contribution < 1.29 is 9.31 Å². The third-order valence-corrected chi connectivity index (χ3v) is 2.92. The van der Waals surface area contributed by atoms with E-state index < -0.39 is 16.4 Å². The van der Waals surface area contributed by atoms with Crippen molar-refractivity contribution in [3.8, 4) is 0 Å². The van der Waals surface area contributed by atoms with Crippen LogP contribution >= 0.6 is 0 Å². The molecule has 5 nitrogen and oxygen atoms in total. The van der Waals surface area contributed by atoms with Gasteiger partial charge in [0, 0.05) is 23.5 Å². The first-order chi connectivity index (χ1) is 9.13. The average Bonchev–Trinajstić information content (AvgIpc) is 2.79. The standard InChI is InChI=1S/C13H14FN3O2/c14-13-10(3-1-5-12(13)17(18)19)9-16-8-2-4-11(16)6-7-15/h1-5,8H,6-7,9,15H2. The van der Waals surface area contributed by atoms with Crippen LogP contribution in [-0.2, 0) is 13.0 Å². The van der Waals surface area contributed by atoms with E-state index in [1.165, 1.54) is 6.07 Å².